The molecule has 0 atom stereocenters. The number of hydrogen-bond donors (Lipinski definition) is 0. The van der Waals surface area contributed by atoms with E-state index in [9.17, 15) is 4.79 Å². The molecule has 0 bridgehead atoms. The van der Waals surface area contributed by atoms with E-state index in [2.05, 4.69) is 74.8 Å². The summed E-state index contributed by atoms with van der Waals surface area (Å²) in [4.78, 5) is 12.9. The molecule has 0 unspecified atom stereocenters. The van der Waals surface area contributed by atoms with Crippen molar-refractivity contribution in [3.63, 3.8) is 0 Å². The number of para-hydroxylation sites is 1. The van der Waals surface area contributed by atoms with Gasteiger partial charge in [0.1, 0.15) is 12.4 Å². The van der Waals surface area contributed by atoms with Crippen molar-refractivity contribution in [2.24, 2.45) is 5.10 Å². The molecular weight excluding hydrogens is 567 g/mol. The predicted molar refractivity (Wildman–Crippen MR) is 137 cm³/mol. The van der Waals surface area contributed by atoms with E-state index in [0.717, 1.165) is 30.6 Å². The molecule has 4 rings (SSSR count). The Hall–Kier alpha value is -2.45. The number of amides is 1. The third kappa shape index (κ3) is 4.91. The van der Waals surface area contributed by atoms with Gasteiger partial charge in [-0.25, -0.2) is 0 Å². The predicted octanol–water partition coefficient (Wildman–Crippen LogP) is 6.75. The van der Waals surface area contributed by atoms with Crippen LogP contribution in [0.25, 0.3) is 6.08 Å². The molecule has 1 heterocycles. The van der Waals surface area contributed by atoms with E-state index in [1.54, 1.807) is 0 Å². The number of halogens is 2. The zero-order valence-corrected chi connectivity index (χ0v) is 20.8. The molecule has 4 nitrogen and oxygen atoms in total. The number of aryl methyl sites for hydroxylation is 1. The fourth-order valence-electron chi connectivity index (χ4n) is 3.24. The van der Waals surface area contributed by atoms with Crippen molar-refractivity contribution in [2.75, 3.05) is 5.01 Å². The molecule has 6 heteroatoms. The van der Waals surface area contributed by atoms with Gasteiger partial charge in [-0.1, -0.05) is 48.0 Å². The van der Waals surface area contributed by atoms with Crippen molar-refractivity contribution in [3.05, 3.63) is 97.0 Å². The van der Waals surface area contributed by atoms with E-state index in [-0.39, 0.29) is 5.91 Å². The Morgan fingerprint density at radius 3 is 2.45 bits per heavy atom. The first-order valence-corrected chi connectivity index (χ1v) is 11.6. The van der Waals surface area contributed by atoms with Crippen molar-refractivity contribution >= 4 is 61.9 Å². The molecule has 0 aliphatic carbocycles. The van der Waals surface area contributed by atoms with Crippen LogP contribution in [-0.4, -0.2) is 11.6 Å². The Labute approximate surface area is 203 Å². The van der Waals surface area contributed by atoms with Crippen molar-refractivity contribution < 1.29 is 9.53 Å². The highest BCUT2D eigenvalue weighted by atomic mass is 127. The molecule has 0 spiro atoms. The molecule has 0 saturated heterocycles. The summed E-state index contributed by atoms with van der Waals surface area (Å²) < 4.78 is 7.87. The molecule has 156 valence electrons. The standard InChI is InChI=1S/C25H20BrIN2O2/c1-16-8-10-18(11-9-16)15-31-24-22(26)13-19(14-23(24)27)12-21-17(2)28-29(25(21)30)20-6-4-3-5-7-20/h3-14H,15H2,1-2H3/b21-12+. The summed E-state index contributed by atoms with van der Waals surface area (Å²) in [7, 11) is 0. The minimum Gasteiger partial charge on any atom is -0.487 e. The number of anilines is 1. The lowest BCUT2D eigenvalue weighted by Gasteiger charge is -2.12. The maximum Gasteiger partial charge on any atom is 0.280 e. The highest BCUT2D eigenvalue weighted by Gasteiger charge is 2.28. The van der Waals surface area contributed by atoms with Gasteiger partial charge in [-0.2, -0.15) is 10.1 Å². The summed E-state index contributed by atoms with van der Waals surface area (Å²) in [6.07, 6.45) is 1.88. The lowest BCUT2D eigenvalue weighted by atomic mass is 10.1. The lowest BCUT2D eigenvalue weighted by Crippen LogP contribution is -2.21. The Morgan fingerprint density at radius 2 is 1.77 bits per heavy atom. The van der Waals surface area contributed by atoms with Gasteiger partial charge in [-0.3, -0.25) is 4.79 Å². The fourth-order valence-corrected chi connectivity index (χ4v) is 5.00. The zero-order chi connectivity index (χ0) is 22.0. The van der Waals surface area contributed by atoms with Crippen LogP contribution in [0.2, 0.25) is 0 Å². The third-order valence-corrected chi connectivity index (χ3v) is 6.29. The van der Waals surface area contributed by atoms with Gasteiger partial charge < -0.3 is 4.74 Å². The van der Waals surface area contributed by atoms with Crippen LogP contribution < -0.4 is 9.75 Å². The maximum atomic E-state index is 12.9. The number of hydrogen-bond acceptors (Lipinski definition) is 3. The monoisotopic (exact) mass is 586 g/mol. The van der Waals surface area contributed by atoms with Crippen LogP contribution in [-0.2, 0) is 11.4 Å². The second kappa shape index (κ2) is 9.36. The Balaban J connectivity index is 1.55. The highest BCUT2D eigenvalue weighted by Crippen LogP contribution is 2.34. The van der Waals surface area contributed by atoms with E-state index in [4.69, 9.17) is 4.74 Å². The number of benzene rings is 3. The largest absolute Gasteiger partial charge is 0.487 e. The van der Waals surface area contributed by atoms with Crippen LogP contribution in [0.5, 0.6) is 5.75 Å². The van der Waals surface area contributed by atoms with Crippen molar-refractivity contribution in [3.8, 4) is 5.75 Å². The van der Waals surface area contributed by atoms with E-state index in [1.165, 1.54) is 10.6 Å². The number of nitrogens with zero attached hydrogens (tertiary/aromatic N) is 2. The average Bonchev–Trinajstić information content (AvgIpc) is 3.03. The first kappa shape index (κ1) is 21.8. The quantitative estimate of drug-likeness (QED) is 0.245. The van der Waals surface area contributed by atoms with E-state index in [1.807, 2.05) is 55.5 Å². The van der Waals surface area contributed by atoms with Crippen molar-refractivity contribution in [1.29, 1.82) is 0 Å². The Kier molecular flexibility index (Phi) is 6.57. The van der Waals surface area contributed by atoms with Crippen molar-refractivity contribution in [2.45, 2.75) is 20.5 Å². The summed E-state index contributed by atoms with van der Waals surface area (Å²) in [5.74, 6) is 0.659. The summed E-state index contributed by atoms with van der Waals surface area (Å²) in [5, 5.41) is 5.89. The van der Waals surface area contributed by atoms with Gasteiger partial charge in [0.2, 0.25) is 0 Å². The average molecular weight is 587 g/mol. The molecule has 3 aromatic rings. The summed E-state index contributed by atoms with van der Waals surface area (Å²) in [6, 6.07) is 21.7. The normalized spacial score (nSPS) is 14.8. The maximum absolute atomic E-state index is 12.9. The topological polar surface area (TPSA) is 41.9 Å². The second-order valence-electron chi connectivity index (χ2n) is 7.28. The van der Waals surface area contributed by atoms with Crippen molar-refractivity contribution in [1.82, 2.24) is 0 Å². The molecule has 0 saturated carbocycles. The minimum absolute atomic E-state index is 0.130. The number of hydrazone groups is 1. The van der Waals surface area contributed by atoms with Crippen LogP contribution in [0.3, 0.4) is 0 Å². The third-order valence-electron chi connectivity index (χ3n) is 4.90. The molecule has 0 radical (unpaired) electrons. The van der Waals surface area contributed by atoms with Gasteiger partial charge in [0.05, 0.1) is 25.0 Å². The molecule has 1 amide bonds. The van der Waals surface area contributed by atoms with Crippen LogP contribution in [0.15, 0.2) is 81.9 Å². The van der Waals surface area contributed by atoms with Gasteiger partial charge in [0.15, 0.2) is 0 Å². The fraction of sp³-hybridized carbons (Fsp3) is 0.120. The molecule has 31 heavy (non-hydrogen) atoms. The van der Waals surface area contributed by atoms with Crippen LogP contribution in [0, 0.1) is 10.5 Å². The zero-order valence-electron chi connectivity index (χ0n) is 17.1. The van der Waals surface area contributed by atoms with Crippen LogP contribution >= 0.6 is 38.5 Å². The summed E-state index contributed by atoms with van der Waals surface area (Å²) >= 11 is 5.89. The SMILES string of the molecule is CC1=NN(c2ccccc2)C(=O)/C1=C/c1cc(Br)c(OCc2ccc(C)cc2)c(I)c1. The first-order chi connectivity index (χ1) is 14.9. The first-order valence-electron chi connectivity index (χ1n) is 9.76. The summed E-state index contributed by atoms with van der Waals surface area (Å²) in [6.45, 7) is 4.41. The van der Waals surface area contributed by atoms with Crippen LogP contribution in [0.1, 0.15) is 23.6 Å². The molecule has 3 aromatic carbocycles. The molecule has 1 aliphatic rings. The van der Waals surface area contributed by atoms with Gasteiger partial charge in [0.25, 0.3) is 5.91 Å². The lowest BCUT2D eigenvalue weighted by molar-refractivity contribution is -0.114. The smallest absolute Gasteiger partial charge is 0.280 e. The highest BCUT2D eigenvalue weighted by molar-refractivity contribution is 14.1. The van der Waals surface area contributed by atoms with Gasteiger partial charge in [-0.15, -0.1) is 0 Å². The van der Waals surface area contributed by atoms with E-state index >= 15 is 0 Å². The van der Waals surface area contributed by atoms with Crippen LogP contribution in [0.4, 0.5) is 5.69 Å². The number of rotatable bonds is 5. The number of carbonyl (C=O) groups excluding carboxylic acids is 1. The number of carbonyl (C=O) groups is 1. The Bertz CT molecular complexity index is 1160. The van der Waals surface area contributed by atoms with E-state index in [0.29, 0.717) is 17.9 Å². The van der Waals surface area contributed by atoms with E-state index < -0.39 is 0 Å². The second-order valence-corrected chi connectivity index (χ2v) is 9.30. The molecule has 0 fully saturated rings. The molecule has 0 N–H and O–H groups in total. The van der Waals surface area contributed by atoms with Gasteiger partial charge in [0, 0.05) is 0 Å². The molecule has 1 aliphatic heterocycles. The van der Waals surface area contributed by atoms with Gasteiger partial charge in [-0.05, 0) is 93.8 Å². The Morgan fingerprint density at radius 1 is 1.06 bits per heavy atom. The summed E-state index contributed by atoms with van der Waals surface area (Å²) in [5.41, 5.74) is 5.28. The van der Waals surface area contributed by atoms with Gasteiger partial charge >= 0.3 is 0 Å². The molecular formula is C25H20BrIN2O2. The minimum atomic E-state index is -0.130. The number of ether oxygens (including phenoxy) is 1. The molecule has 0 aromatic heterocycles.